The molecule has 7 heteroatoms. The highest BCUT2D eigenvalue weighted by molar-refractivity contribution is 5.53. The second-order valence-corrected chi connectivity index (χ2v) is 5.96. The van der Waals surface area contributed by atoms with Gasteiger partial charge in [0.05, 0.1) is 22.0 Å². The van der Waals surface area contributed by atoms with E-state index in [-0.39, 0.29) is 23.2 Å². The summed E-state index contributed by atoms with van der Waals surface area (Å²) in [5, 5.41) is 21.9. The molecule has 0 saturated heterocycles. The van der Waals surface area contributed by atoms with Crippen LogP contribution in [0.4, 0.5) is 11.4 Å². The second kappa shape index (κ2) is 8.45. The Morgan fingerprint density at radius 1 is 0.870 bits per heavy atom. The zero-order valence-corrected chi connectivity index (χ0v) is 13.1. The lowest BCUT2D eigenvalue weighted by molar-refractivity contribution is -0.394. The summed E-state index contributed by atoms with van der Waals surface area (Å²) in [6, 6.07) is 3.56. The monoisotopic (exact) mass is 322 g/mol. The van der Waals surface area contributed by atoms with E-state index in [4.69, 9.17) is 4.74 Å². The third-order valence-electron chi connectivity index (χ3n) is 4.20. The maximum atomic E-state index is 11.2. The zero-order chi connectivity index (χ0) is 16.7. The lowest BCUT2D eigenvalue weighted by atomic mass is 9.99. The molecule has 1 aliphatic carbocycles. The van der Waals surface area contributed by atoms with Crippen molar-refractivity contribution in [3.63, 3.8) is 0 Å². The van der Waals surface area contributed by atoms with Crippen molar-refractivity contribution in [1.82, 2.24) is 0 Å². The summed E-state index contributed by atoms with van der Waals surface area (Å²) < 4.78 is 5.85. The predicted octanol–water partition coefficient (Wildman–Crippen LogP) is 4.77. The van der Waals surface area contributed by atoms with Crippen molar-refractivity contribution < 1.29 is 14.6 Å². The van der Waals surface area contributed by atoms with Crippen LogP contribution in [0.3, 0.4) is 0 Å². The van der Waals surface area contributed by atoms with E-state index in [1.807, 2.05) is 0 Å². The van der Waals surface area contributed by atoms with Crippen LogP contribution in [-0.2, 0) is 0 Å². The molecule has 126 valence electrons. The van der Waals surface area contributed by atoms with Crippen LogP contribution in [-0.4, -0.2) is 16.0 Å². The van der Waals surface area contributed by atoms with Crippen LogP contribution in [0.1, 0.15) is 57.8 Å². The molecular formula is C16H22N2O5. The van der Waals surface area contributed by atoms with Gasteiger partial charge in [0.2, 0.25) is 0 Å². The fourth-order valence-corrected chi connectivity index (χ4v) is 2.93. The predicted molar refractivity (Wildman–Crippen MR) is 85.7 cm³/mol. The van der Waals surface area contributed by atoms with Gasteiger partial charge in [-0.3, -0.25) is 20.2 Å². The molecule has 0 aliphatic heterocycles. The number of non-ortho nitro benzene ring substituents is 1. The van der Waals surface area contributed by atoms with Gasteiger partial charge in [-0.25, -0.2) is 0 Å². The Bertz CT molecular complexity index is 551. The van der Waals surface area contributed by atoms with E-state index in [0.717, 1.165) is 44.6 Å². The highest BCUT2D eigenvalue weighted by Gasteiger charge is 2.23. The molecule has 23 heavy (non-hydrogen) atoms. The number of hydrogen-bond acceptors (Lipinski definition) is 5. The Kier molecular flexibility index (Phi) is 6.31. The quantitative estimate of drug-likeness (QED) is 0.587. The molecule has 1 fully saturated rings. The van der Waals surface area contributed by atoms with Crippen LogP contribution in [0.5, 0.6) is 5.75 Å². The normalized spacial score (nSPS) is 17.4. The van der Waals surface area contributed by atoms with Crippen molar-refractivity contribution in [1.29, 1.82) is 0 Å². The van der Waals surface area contributed by atoms with Crippen molar-refractivity contribution >= 4 is 11.4 Å². The molecule has 1 aromatic carbocycles. The number of benzene rings is 1. The Morgan fingerprint density at radius 3 is 1.96 bits per heavy atom. The van der Waals surface area contributed by atoms with E-state index < -0.39 is 9.85 Å². The van der Waals surface area contributed by atoms with E-state index in [0.29, 0.717) is 0 Å². The molecule has 1 saturated carbocycles. The third kappa shape index (κ3) is 5.19. The number of nitrogens with zero attached hydrogens (tertiary/aromatic N) is 2. The molecule has 1 aromatic rings. The van der Waals surface area contributed by atoms with E-state index in [2.05, 4.69) is 0 Å². The Hall–Kier alpha value is -2.18. The van der Waals surface area contributed by atoms with Gasteiger partial charge in [0.15, 0.2) is 5.75 Å². The first kappa shape index (κ1) is 17.2. The number of rotatable bonds is 4. The zero-order valence-electron chi connectivity index (χ0n) is 13.1. The molecular weight excluding hydrogens is 300 g/mol. The van der Waals surface area contributed by atoms with Crippen molar-refractivity contribution in [2.45, 2.75) is 63.9 Å². The summed E-state index contributed by atoms with van der Waals surface area (Å²) in [5.74, 6) is 0.127. The average Bonchev–Trinajstić information content (AvgIpc) is 2.53. The summed E-state index contributed by atoms with van der Waals surface area (Å²) in [4.78, 5) is 20.7. The van der Waals surface area contributed by atoms with Crippen LogP contribution in [0, 0.1) is 20.2 Å². The van der Waals surface area contributed by atoms with Gasteiger partial charge in [-0.2, -0.15) is 0 Å². The van der Waals surface area contributed by atoms with Gasteiger partial charge in [-0.1, -0.05) is 32.1 Å². The third-order valence-corrected chi connectivity index (χ3v) is 4.20. The summed E-state index contributed by atoms with van der Waals surface area (Å²) in [7, 11) is 0. The molecule has 2 rings (SSSR count). The van der Waals surface area contributed by atoms with Crippen LogP contribution < -0.4 is 4.74 Å². The molecule has 0 bridgehead atoms. The largest absolute Gasteiger partial charge is 0.483 e. The molecule has 7 nitrogen and oxygen atoms in total. The minimum atomic E-state index is -0.639. The van der Waals surface area contributed by atoms with Crippen LogP contribution >= 0.6 is 0 Å². The van der Waals surface area contributed by atoms with E-state index >= 15 is 0 Å². The molecule has 1 aliphatic rings. The van der Waals surface area contributed by atoms with Gasteiger partial charge in [-0.15, -0.1) is 0 Å². The summed E-state index contributed by atoms with van der Waals surface area (Å²) in [5.41, 5.74) is -0.633. The lowest BCUT2D eigenvalue weighted by Gasteiger charge is -2.20. The van der Waals surface area contributed by atoms with Gasteiger partial charge >= 0.3 is 5.69 Å². The van der Waals surface area contributed by atoms with Crippen molar-refractivity contribution in [2.24, 2.45) is 0 Å². The number of hydrogen-bond donors (Lipinski definition) is 0. The SMILES string of the molecule is O=[N+]([O-])c1ccc(OC2CCCCCCCCC2)c([N+](=O)[O-])c1. The van der Waals surface area contributed by atoms with E-state index in [9.17, 15) is 20.2 Å². The Labute approximate surface area is 134 Å². The van der Waals surface area contributed by atoms with E-state index in [1.54, 1.807) is 0 Å². The summed E-state index contributed by atoms with van der Waals surface area (Å²) in [6.07, 6.45) is 9.81. The number of nitro benzene ring substituents is 2. The number of ether oxygens (including phenoxy) is 1. The molecule has 0 aromatic heterocycles. The standard InChI is InChI=1S/C16H22N2O5/c19-17(20)13-10-11-16(15(12-13)18(21)22)23-14-8-6-4-2-1-3-5-7-9-14/h10-12,14H,1-9H2. The topological polar surface area (TPSA) is 95.5 Å². The van der Waals surface area contributed by atoms with Gasteiger partial charge in [0.1, 0.15) is 0 Å². The van der Waals surface area contributed by atoms with Gasteiger partial charge in [-0.05, 0) is 31.7 Å². The molecule has 0 spiro atoms. The molecule has 0 atom stereocenters. The minimum absolute atomic E-state index is 0.0618. The Balaban J connectivity index is 2.12. The minimum Gasteiger partial charge on any atom is -0.483 e. The van der Waals surface area contributed by atoms with Gasteiger partial charge < -0.3 is 4.74 Å². The maximum Gasteiger partial charge on any atom is 0.317 e. The first-order valence-corrected chi connectivity index (χ1v) is 8.17. The highest BCUT2D eigenvalue weighted by atomic mass is 16.6. The summed E-state index contributed by atoms with van der Waals surface area (Å²) >= 11 is 0. The fraction of sp³-hybridized carbons (Fsp3) is 0.625. The first-order valence-electron chi connectivity index (χ1n) is 8.17. The molecule has 0 N–H and O–H groups in total. The molecule has 0 unspecified atom stereocenters. The van der Waals surface area contributed by atoms with Gasteiger partial charge in [0, 0.05) is 6.07 Å². The molecule has 0 amide bonds. The Morgan fingerprint density at radius 2 is 1.43 bits per heavy atom. The second-order valence-electron chi connectivity index (χ2n) is 5.96. The van der Waals surface area contributed by atoms with Crippen molar-refractivity contribution in [3.8, 4) is 5.75 Å². The van der Waals surface area contributed by atoms with E-state index in [1.165, 1.54) is 31.4 Å². The maximum absolute atomic E-state index is 11.2. The molecule has 0 radical (unpaired) electrons. The fourth-order valence-electron chi connectivity index (χ4n) is 2.93. The summed E-state index contributed by atoms with van der Waals surface area (Å²) in [6.45, 7) is 0. The van der Waals surface area contributed by atoms with Crippen LogP contribution in [0.25, 0.3) is 0 Å². The smallest absolute Gasteiger partial charge is 0.317 e. The van der Waals surface area contributed by atoms with Crippen LogP contribution in [0.15, 0.2) is 18.2 Å². The average molecular weight is 322 g/mol. The molecule has 0 heterocycles. The highest BCUT2D eigenvalue weighted by Crippen LogP contribution is 2.33. The number of nitro groups is 2. The van der Waals surface area contributed by atoms with Crippen LogP contribution in [0.2, 0.25) is 0 Å². The van der Waals surface area contributed by atoms with Crippen molar-refractivity contribution in [3.05, 3.63) is 38.4 Å². The van der Waals surface area contributed by atoms with Gasteiger partial charge in [0.25, 0.3) is 5.69 Å². The lowest BCUT2D eigenvalue weighted by Crippen LogP contribution is -2.17. The first-order chi connectivity index (χ1) is 11.1. The van der Waals surface area contributed by atoms with Crippen molar-refractivity contribution in [2.75, 3.05) is 0 Å².